The standard InChI is InChI=1S/C13H22N2O4/c1-9(13(18)14-10-2-3-10)15-6-4-11(5-7-15)19-8-12(16)17/h9-11H,2-8H2,1H3,(H,14,18)(H,16,17). The summed E-state index contributed by atoms with van der Waals surface area (Å²) in [6.07, 6.45) is 3.78. The Morgan fingerprint density at radius 3 is 2.47 bits per heavy atom. The van der Waals surface area contributed by atoms with E-state index in [2.05, 4.69) is 10.2 Å². The van der Waals surface area contributed by atoms with E-state index in [1.54, 1.807) is 0 Å². The summed E-state index contributed by atoms with van der Waals surface area (Å²) in [6, 6.07) is 0.285. The highest BCUT2D eigenvalue weighted by molar-refractivity contribution is 5.81. The number of likely N-dealkylation sites (tertiary alicyclic amines) is 1. The van der Waals surface area contributed by atoms with Crippen molar-refractivity contribution in [1.82, 2.24) is 10.2 Å². The van der Waals surface area contributed by atoms with E-state index >= 15 is 0 Å². The fraction of sp³-hybridized carbons (Fsp3) is 0.846. The Kier molecular flexibility index (Phi) is 4.76. The average molecular weight is 270 g/mol. The predicted molar refractivity (Wildman–Crippen MR) is 68.8 cm³/mol. The zero-order valence-corrected chi connectivity index (χ0v) is 11.3. The molecule has 19 heavy (non-hydrogen) atoms. The van der Waals surface area contributed by atoms with Crippen LogP contribution in [0.1, 0.15) is 32.6 Å². The molecule has 6 heteroatoms. The van der Waals surface area contributed by atoms with Gasteiger partial charge in [-0.25, -0.2) is 4.79 Å². The summed E-state index contributed by atoms with van der Waals surface area (Å²) in [5, 5.41) is 11.6. The van der Waals surface area contributed by atoms with Crippen molar-refractivity contribution in [3.63, 3.8) is 0 Å². The van der Waals surface area contributed by atoms with Gasteiger partial charge < -0.3 is 15.2 Å². The third-order valence-electron chi connectivity index (χ3n) is 3.77. The molecule has 0 radical (unpaired) electrons. The summed E-state index contributed by atoms with van der Waals surface area (Å²) in [4.78, 5) is 24.5. The highest BCUT2D eigenvalue weighted by Crippen LogP contribution is 2.20. The van der Waals surface area contributed by atoms with Crippen molar-refractivity contribution in [2.45, 2.75) is 50.8 Å². The lowest BCUT2D eigenvalue weighted by Gasteiger charge is -2.35. The first kappa shape index (κ1) is 14.3. The Morgan fingerprint density at radius 1 is 1.32 bits per heavy atom. The van der Waals surface area contributed by atoms with Crippen molar-refractivity contribution in [3.05, 3.63) is 0 Å². The first-order chi connectivity index (χ1) is 9.06. The lowest BCUT2D eigenvalue weighted by molar-refractivity contribution is -0.145. The predicted octanol–water partition coefficient (Wildman–Crippen LogP) is 0.219. The molecule has 2 N–H and O–H groups in total. The highest BCUT2D eigenvalue weighted by Gasteiger charge is 2.30. The Balaban J connectivity index is 1.69. The Hall–Kier alpha value is -1.14. The molecule has 0 spiro atoms. The number of carbonyl (C=O) groups is 2. The maximum atomic E-state index is 11.9. The second-order valence-corrected chi connectivity index (χ2v) is 5.40. The van der Waals surface area contributed by atoms with Gasteiger partial charge in [-0.2, -0.15) is 0 Å². The van der Waals surface area contributed by atoms with Crippen LogP contribution in [0.15, 0.2) is 0 Å². The van der Waals surface area contributed by atoms with E-state index in [0.717, 1.165) is 38.8 Å². The van der Waals surface area contributed by atoms with Gasteiger partial charge in [0.05, 0.1) is 12.1 Å². The topological polar surface area (TPSA) is 78.9 Å². The summed E-state index contributed by atoms with van der Waals surface area (Å²) in [5.41, 5.74) is 0. The van der Waals surface area contributed by atoms with Gasteiger partial charge in [-0.3, -0.25) is 9.69 Å². The molecule has 2 fully saturated rings. The van der Waals surface area contributed by atoms with Gasteiger partial charge in [-0.1, -0.05) is 0 Å². The smallest absolute Gasteiger partial charge is 0.329 e. The monoisotopic (exact) mass is 270 g/mol. The molecule has 2 aliphatic rings. The number of aliphatic carboxylic acids is 1. The van der Waals surface area contributed by atoms with E-state index in [1.807, 2.05) is 6.92 Å². The quantitative estimate of drug-likeness (QED) is 0.722. The molecule has 1 unspecified atom stereocenters. The number of carbonyl (C=O) groups excluding carboxylic acids is 1. The van der Waals surface area contributed by atoms with Gasteiger partial charge in [0.1, 0.15) is 6.61 Å². The molecule has 2 rings (SSSR count). The van der Waals surface area contributed by atoms with Gasteiger partial charge in [-0.15, -0.1) is 0 Å². The molecule has 108 valence electrons. The fourth-order valence-electron chi connectivity index (χ4n) is 2.33. The number of amides is 1. The lowest BCUT2D eigenvalue weighted by atomic mass is 10.1. The molecule has 1 saturated heterocycles. The van der Waals surface area contributed by atoms with Crippen LogP contribution in [0.5, 0.6) is 0 Å². The van der Waals surface area contributed by atoms with Crippen LogP contribution in [0.4, 0.5) is 0 Å². The Labute approximate surface area is 113 Å². The van der Waals surface area contributed by atoms with Crippen LogP contribution in [0, 0.1) is 0 Å². The van der Waals surface area contributed by atoms with Crippen LogP contribution in [-0.2, 0) is 14.3 Å². The largest absolute Gasteiger partial charge is 0.480 e. The van der Waals surface area contributed by atoms with E-state index in [9.17, 15) is 9.59 Å². The summed E-state index contributed by atoms with van der Waals surface area (Å²) in [7, 11) is 0. The molecule has 0 aromatic heterocycles. The minimum atomic E-state index is -0.931. The number of carboxylic acids is 1. The zero-order valence-electron chi connectivity index (χ0n) is 11.3. The van der Waals surface area contributed by atoms with Crippen molar-refractivity contribution in [2.75, 3.05) is 19.7 Å². The molecule has 1 amide bonds. The molecular weight excluding hydrogens is 248 g/mol. The molecular formula is C13H22N2O4. The van der Waals surface area contributed by atoms with Crippen molar-refractivity contribution in [2.24, 2.45) is 0 Å². The van der Waals surface area contributed by atoms with Gasteiger partial charge >= 0.3 is 5.97 Å². The van der Waals surface area contributed by atoms with E-state index < -0.39 is 5.97 Å². The van der Waals surface area contributed by atoms with E-state index in [-0.39, 0.29) is 24.7 Å². The maximum absolute atomic E-state index is 11.9. The van der Waals surface area contributed by atoms with Crippen LogP contribution in [0.3, 0.4) is 0 Å². The number of nitrogens with one attached hydrogen (secondary N) is 1. The summed E-state index contributed by atoms with van der Waals surface area (Å²) in [5.74, 6) is -0.827. The molecule has 0 aromatic rings. The molecule has 1 aliphatic carbocycles. The van der Waals surface area contributed by atoms with Gasteiger partial charge in [0.25, 0.3) is 0 Å². The van der Waals surface area contributed by atoms with Crippen molar-refractivity contribution in [3.8, 4) is 0 Å². The SMILES string of the molecule is CC(C(=O)NC1CC1)N1CCC(OCC(=O)O)CC1. The van der Waals surface area contributed by atoms with E-state index in [1.165, 1.54) is 0 Å². The number of ether oxygens (including phenoxy) is 1. The Morgan fingerprint density at radius 2 is 1.95 bits per heavy atom. The maximum Gasteiger partial charge on any atom is 0.329 e. The second-order valence-electron chi connectivity index (χ2n) is 5.40. The van der Waals surface area contributed by atoms with Crippen molar-refractivity contribution in [1.29, 1.82) is 0 Å². The van der Waals surface area contributed by atoms with E-state index in [4.69, 9.17) is 9.84 Å². The van der Waals surface area contributed by atoms with Crippen LogP contribution in [0.2, 0.25) is 0 Å². The second kappa shape index (κ2) is 6.34. The number of carboxylic acid groups (broad SMARTS) is 1. The normalized spacial score (nSPS) is 23.0. The van der Waals surface area contributed by atoms with Gasteiger partial charge in [0.2, 0.25) is 5.91 Å². The van der Waals surface area contributed by atoms with Gasteiger partial charge in [0.15, 0.2) is 0 Å². The van der Waals surface area contributed by atoms with Crippen molar-refractivity contribution >= 4 is 11.9 Å². The third-order valence-corrected chi connectivity index (χ3v) is 3.77. The summed E-state index contributed by atoms with van der Waals surface area (Å²) in [6.45, 7) is 3.26. The number of hydrogen-bond acceptors (Lipinski definition) is 4. The van der Waals surface area contributed by atoms with Crippen LogP contribution < -0.4 is 5.32 Å². The highest BCUT2D eigenvalue weighted by atomic mass is 16.5. The molecule has 1 atom stereocenters. The minimum absolute atomic E-state index is 0.00560. The first-order valence-corrected chi connectivity index (χ1v) is 6.94. The van der Waals surface area contributed by atoms with Gasteiger partial charge in [-0.05, 0) is 32.6 Å². The number of nitrogens with zero attached hydrogens (tertiary/aromatic N) is 1. The molecule has 1 aliphatic heterocycles. The number of piperidine rings is 1. The number of hydrogen-bond donors (Lipinski definition) is 2. The van der Waals surface area contributed by atoms with Crippen LogP contribution >= 0.6 is 0 Å². The van der Waals surface area contributed by atoms with Crippen LogP contribution in [-0.4, -0.2) is 59.8 Å². The van der Waals surface area contributed by atoms with E-state index in [0.29, 0.717) is 6.04 Å². The van der Waals surface area contributed by atoms with Crippen molar-refractivity contribution < 1.29 is 19.4 Å². The Bertz CT molecular complexity index is 336. The number of rotatable bonds is 6. The first-order valence-electron chi connectivity index (χ1n) is 6.94. The molecule has 0 aromatic carbocycles. The summed E-state index contributed by atoms with van der Waals surface area (Å²) < 4.78 is 5.28. The average Bonchev–Trinajstić information content (AvgIpc) is 3.20. The molecule has 6 nitrogen and oxygen atoms in total. The van der Waals surface area contributed by atoms with Gasteiger partial charge in [0, 0.05) is 19.1 Å². The minimum Gasteiger partial charge on any atom is -0.480 e. The molecule has 1 heterocycles. The fourth-order valence-corrected chi connectivity index (χ4v) is 2.33. The molecule has 0 bridgehead atoms. The summed E-state index contributed by atoms with van der Waals surface area (Å²) >= 11 is 0. The van der Waals surface area contributed by atoms with Crippen LogP contribution in [0.25, 0.3) is 0 Å². The molecule has 1 saturated carbocycles. The zero-order chi connectivity index (χ0) is 13.8. The third kappa shape index (κ3) is 4.47. The lowest BCUT2D eigenvalue weighted by Crippen LogP contribution is -2.49.